The summed E-state index contributed by atoms with van der Waals surface area (Å²) in [5.41, 5.74) is 5.14. The van der Waals surface area contributed by atoms with Crippen LogP contribution in [0.15, 0.2) is 4.52 Å². The van der Waals surface area contributed by atoms with E-state index in [1.165, 1.54) is 0 Å². The second kappa shape index (κ2) is 5.16. The van der Waals surface area contributed by atoms with Gasteiger partial charge in [-0.25, -0.2) is 4.79 Å². The number of urea groups is 1. The fourth-order valence-corrected chi connectivity index (χ4v) is 1.73. The SMILES string of the molecule is CCCC[C@H](NC(N)=O)c1nc(C2CC2)no1. The molecule has 94 valence electrons. The molecule has 0 saturated heterocycles. The maximum Gasteiger partial charge on any atom is 0.312 e. The number of nitrogens with one attached hydrogen (secondary N) is 1. The molecule has 0 unspecified atom stereocenters. The number of amides is 2. The van der Waals surface area contributed by atoms with Crippen molar-refractivity contribution in [1.82, 2.24) is 15.5 Å². The van der Waals surface area contributed by atoms with Gasteiger partial charge in [-0.05, 0) is 19.3 Å². The molecule has 1 aromatic heterocycles. The Bertz CT molecular complexity index is 387. The molecule has 3 N–H and O–H groups in total. The molecule has 0 radical (unpaired) electrons. The van der Waals surface area contributed by atoms with E-state index in [0.717, 1.165) is 37.9 Å². The minimum absolute atomic E-state index is 0.257. The van der Waals surface area contributed by atoms with Gasteiger partial charge in [-0.2, -0.15) is 4.98 Å². The maximum absolute atomic E-state index is 10.9. The van der Waals surface area contributed by atoms with Crippen LogP contribution in [0.5, 0.6) is 0 Å². The number of carbonyl (C=O) groups excluding carboxylic acids is 1. The lowest BCUT2D eigenvalue weighted by atomic mass is 10.1. The molecule has 1 atom stereocenters. The molecule has 17 heavy (non-hydrogen) atoms. The fraction of sp³-hybridized carbons (Fsp3) is 0.727. The minimum Gasteiger partial charge on any atom is -0.352 e. The van der Waals surface area contributed by atoms with E-state index in [1.807, 2.05) is 0 Å². The Morgan fingerprint density at radius 1 is 1.65 bits per heavy atom. The summed E-state index contributed by atoms with van der Waals surface area (Å²) in [6, 6.07) is -0.815. The molecule has 1 fully saturated rings. The van der Waals surface area contributed by atoms with E-state index < -0.39 is 6.03 Å². The van der Waals surface area contributed by atoms with Crippen molar-refractivity contribution < 1.29 is 9.32 Å². The van der Waals surface area contributed by atoms with Crippen molar-refractivity contribution in [3.63, 3.8) is 0 Å². The van der Waals surface area contributed by atoms with Crippen LogP contribution in [0.1, 0.15) is 62.7 Å². The average Bonchev–Trinajstić information content (AvgIpc) is 3.02. The van der Waals surface area contributed by atoms with Crippen molar-refractivity contribution >= 4 is 6.03 Å². The van der Waals surface area contributed by atoms with Crippen LogP contribution in [-0.2, 0) is 0 Å². The summed E-state index contributed by atoms with van der Waals surface area (Å²) in [5, 5.41) is 6.58. The van der Waals surface area contributed by atoms with Crippen LogP contribution in [-0.4, -0.2) is 16.2 Å². The summed E-state index contributed by atoms with van der Waals surface area (Å²) in [6.07, 6.45) is 5.04. The van der Waals surface area contributed by atoms with Crippen molar-refractivity contribution in [3.05, 3.63) is 11.7 Å². The lowest BCUT2D eigenvalue weighted by molar-refractivity contribution is 0.238. The Labute approximate surface area is 99.9 Å². The number of hydrogen-bond donors (Lipinski definition) is 2. The van der Waals surface area contributed by atoms with Gasteiger partial charge in [0.25, 0.3) is 0 Å². The number of nitrogens with two attached hydrogens (primary N) is 1. The van der Waals surface area contributed by atoms with Crippen LogP contribution in [0.25, 0.3) is 0 Å². The fourth-order valence-electron chi connectivity index (χ4n) is 1.73. The predicted molar refractivity (Wildman–Crippen MR) is 61.3 cm³/mol. The van der Waals surface area contributed by atoms with E-state index in [2.05, 4.69) is 22.4 Å². The van der Waals surface area contributed by atoms with Gasteiger partial charge >= 0.3 is 6.03 Å². The van der Waals surface area contributed by atoms with E-state index in [9.17, 15) is 4.79 Å². The number of primary amides is 1. The zero-order valence-electron chi connectivity index (χ0n) is 9.98. The second-order valence-corrected chi connectivity index (χ2v) is 4.47. The standard InChI is InChI=1S/C11H18N4O2/c1-2-3-4-8(13-11(12)16)10-14-9(15-17-10)7-5-6-7/h7-8H,2-6H2,1H3,(H3,12,13,16)/t8-/m0/s1. The molecule has 6 heteroatoms. The Hall–Kier alpha value is -1.59. The van der Waals surface area contributed by atoms with E-state index in [1.54, 1.807) is 0 Å². The first-order valence-corrected chi connectivity index (χ1v) is 6.10. The Balaban J connectivity index is 2.03. The summed E-state index contributed by atoms with van der Waals surface area (Å²) in [4.78, 5) is 15.3. The molecule has 0 aromatic carbocycles. The predicted octanol–water partition coefficient (Wildman–Crippen LogP) is 1.85. The summed E-state index contributed by atoms with van der Waals surface area (Å²) < 4.78 is 5.19. The Kier molecular flexibility index (Phi) is 3.61. The highest BCUT2D eigenvalue weighted by Crippen LogP contribution is 2.38. The van der Waals surface area contributed by atoms with Crippen LogP contribution in [0.3, 0.4) is 0 Å². The van der Waals surface area contributed by atoms with Crippen molar-refractivity contribution in [2.24, 2.45) is 5.73 Å². The van der Waals surface area contributed by atoms with Crippen molar-refractivity contribution in [2.75, 3.05) is 0 Å². The number of aromatic nitrogens is 2. The Morgan fingerprint density at radius 3 is 3.00 bits per heavy atom. The zero-order chi connectivity index (χ0) is 12.3. The summed E-state index contributed by atoms with van der Waals surface area (Å²) in [7, 11) is 0. The highest BCUT2D eigenvalue weighted by atomic mass is 16.5. The normalized spacial score (nSPS) is 16.8. The Morgan fingerprint density at radius 2 is 2.41 bits per heavy atom. The van der Waals surface area contributed by atoms with Gasteiger partial charge in [0.15, 0.2) is 5.82 Å². The van der Waals surface area contributed by atoms with Gasteiger partial charge in [0.05, 0.1) is 0 Å². The number of hydrogen-bond acceptors (Lipinski definition) is 4. The third-order valence-electron chi connectivity index (χ3n) is 2.86. The van der Waals surface area contributed by atoms with Crippen LogP contribution in [0.2, 0.25) is 0 Å². The van der Waals surface area contributed by atoms with E-state index in [-0.39, 0.29) is 6.04 Å². The van der Waals surface area contributed by atoms with Crippen LogP contribution in [0, 0.1) is 0 Å². The lowest BCUT2D eigenvalue weighted by Gasteiger charge is -2.12. The topological polar surface area (TPSA) is 94.0 Å². The van der Waals surface area contributed by atoms with Crippen LogP contribution < -0.4 is 11.1 Å². The molecule has 1 aromatic rings. The van der Waals surface area contributed by atoms with E-state index >= 15 is 0 Å². The van der Waals surface area contributed by atoms with Gasteiger partial charge in [-0.3, -0.25) is 0 Å². The smallest absolute Gasteiger partial charge is 0.312 e. The molecule has 2 rings (SSSR count). The number of carbonyl (C=O) groups is 1. The van der Waals surface area contributed by atoms with Gasteiger partial charge < -0.3 is 15.6 Å². The molecule has 0 spiro atoms. The van der Waals surface area contributed by atoms with Gasteiger partial charge in [0.2, 0.25) is 5.89 Å². The second-order valence-electron chi connectivity index (χ2n) is 4.47. The van der Waals surface area contributed by atoms with Gasteiger partial charge in [-0.1, -0.05) is 24.9 Å². The molecule has 0 aliphatic heterocycles. The minimum atomic E-state index is -0.558. The zero-order valence-corrected chi connectivity index (χ0v) is 9.98. The lowest BCUT2D eigenvalue weighted by Crippen LogP contribution is -2.33. The summed E-state index contributed by atoms with van der Waals surface area (Å²) in [5.74, 6) is 1.68. The molecular weight excluding hydrogens is 220 g/mol. The molecular formula is C11H18N4O2. The van der Waals surface area contributed by atoms with Crippen molar-refractivity contribution in [1.29, 1.82) is 0 Å². The number of rotatable bonds is 6. The number of unbranched alkanes of at least 4 members (excludes halogenated alkanes) is 1. The van der Waals surface area contributed by atoms with Gasteiger partial charge in [0, 0.05) is 5.92 Å². The molecule has 2 amide bonds. The third kappa shape index (κ3) is 3.18. The molecule has 6 nitrogen and oxygen atoms in total. The maximum atomic E-state index is 10.9. The molecule has 0 bridgehead atoms. The first-order valence-electron chi connectivity index (χ1n) is 6.10. The summed E-state index contributed by atoms with van der Waals surface area (Å²) in [6.45, 7) is 2.09. The highest BCUT2D eigenvalue weighted by Gasteiger charge is 2.30. The number of nitrogens with zero attached hydrogens (tertiary/aromatic N) is 2. The molecule has 1 heterocycles. The van der Waals surface area contributed by atoms with Crippen molar-refractivity contribution in [2.45, 2.75) is 51.0 Å². The largest absolute Gasteiger partial charge is 0.352 e. The molecule has 1 aliphatic carbocycles. The molecule has 1 saturated carbocycles. The molecule has 1 aliphatic rings. The summed E-state index contributed by atoms with van der Waals surface area (Å²) >= 11 is 0. The first-order chi connectivity index (χ1) is 8.20. The third-order valence-corrected chi connectivity index (χ3v) is 2.86. The van der Waals surface area contributed by atoms with E-state index in [0.29, 0.717) is 11.8 Å². The van der Waals surface area contributed by atoms with Crippen LogP contribution >= 0.6 is 0 Å². The van der Waals surface area contributed by atoms with Crippen molar-refractivity contribution in [3.8, 4) is 0 Å². The monoisotopic (exact) mass is 238 g/mol. The quantitative estimate of drug-likeness (QED) is 0.790. The van der Waals surface area contributed by atoms with Gasteiger partial charge in [-0.15, -0.1) is 0 Å². The first kappa shape index (κ1) is 11.9. The van der Waals surface area contributed by atoms with Crippen LogP contribution in [0.4, 0.5) is 4.79 Å². The average molecular weight is 238 g/mol. The van der Waals surface area contributed by atoms with Gasteiger partial charge in [0.1, 0.15) is 6.04 Å². The van der Waals surface area contributed by atoms with E-state index in [4.69, 9.17) is 10.3 Å². The highest BCUT2D eigenvalue weighted by molar-refractivity contribution is 5.72.